The SMILES string of the molecule is Cc1ccc(Sc2ccc([N+](=O)[O-])cc2C=NN=C2NC(=O)CS2)cc1. The number of benzene rings is 2. The van der Waals surface area contributed by atoms with Crippen molar-refractivity contribution in [2.24, 2.45) is 10.2 Å². The van der Waals surface area contributed by atoms with Gasteiger partial charge >= 0.3 is 0 Å². The van der Waals surface area contributed by atoms with E-state index in [1.165, 1.54) is 41.9 Å². The molecule has 0 spiro atoms. The van der Waals surface area contributed by atoms with Gasteiger partial charge in [0, 0.05) is 27.5 Å². The maximum absolute atomic E-state index is 11.1. The summed E-state index contributed by atoms with van der Waals surface area (Å²) in [6.07, 6.45) is 1.46. The number of thioether (sulfide) groups is 1. The average molecular weight is 386 g/mol. The van der Waals surface area contributed by atoms with Crippen molar-refractivity contribution in [3.05, 3.63) is 63.7 Å². The van der Waals surface area contributed by atoms with Gasteiger partial charge in [-0.3, -0.25) is 14.9 Å². The van der Waals surface area contributed by atoms with Gasteiger partial charge in [0.15, 0.2) is 5.17 Å². The maximum Gasteiger partial charge on any atom is 0.270 e. The van der Waals surface area contributed by atoms with E-state index in [2.05, 4.69) is 15.5 Å². The number of amidine groups is 1. The lowest BCUT2D eigenvalue weighted by Crippen LogP contribution is -2.19. The molecule has 0 radical (unpaired) electrons. The Balaban J connectivity index is 1.87. The fourth-order valence-corrected chi connectivity index (χ4v) is 3.62. The highest BCUT2D eigenvalue weighted by molar-refractivity contribution is 8.15. The van der Waals surface area contributed by atoms with Crippen molar-refractivity contribution in [2.75, 3.05) is 5.75 Å². The number of nitrogens with one attached hydrogen (secondary N) is 1. The van der Waals surface area contributed by atoms with Gasteiger partial charge in [0.2, 0.25) is 5.91 Å². The van der Waals surface area contributed by atoms with Gasteiger partial charge in [-0.05, 0) is 25.1 Å². The first-order chi connectivity index (χ1) is 12.5. The zero-order valence-electron chi connectivity index (χ0n) is 13.7. The Kier molecular flexibility index (Phi) is 5.69. The minimum Gasteiger partial charge on any atom is -0.303 e. The van der Waals surface area contributed by atoms with Crippen LogP contribution in [0.15, 0.2) is 62.5 Å². The number of carbonyl (C=O) groups is 1. The number of nitro benzene ring substituents is 1. The highest BCUT2D eigenvalue weighted by atomic mass is 32.2. The number of aryl methyl sites for hydroxylation is 1. The minimum absolute atomic E-state index is 0.0177. The fraction of sp³-hybridized carbons (Fsp3) is 0.118. The second-order valence-corrected chi connectivity index (χ2v) is 7.46. The zero-order valence-corrected chi connectivity index (χ0v) is 15.3. The Bertz CT molecular complexity index is 911. The fourth-order valence-electron chi connectivity index (χ4n) is 2.10. The summed E-state index contributed by atoms with van der Waals surface area (Å²) in [5.41, 5.74) is 1.73. The molecule has 1 heterocycles. The van der Waals surface area contributed by atoms with Gasteiger partial charge in [-0.15, -0.1) is 5.10 Å². The first kappa shape index (κ1) is 18.2. The molecule has 1 amide bonds. The minimum atomic E-state index is -0.448. The highest BCUT2D eigenvalue weighted by Gasteiger charge is 2.16. The van der Waals surface area contributed by atoms with Gasteiger partial charge < -0.3 is 5.32 Å². The second-order valence-electron chi connectivity index (χ2n) is 5.38. The molecule has 2 aromatic rings. The van der Waals surface area contributed by atoms with Crippen LogP contribution >= 0.6 is 23.5 Å². The number of nitro groups is 1. The van der Waals surface area contributed by atoms with Crippen molar-refractivity contribution in [2.45, 2.75) is 16.7 Å². The molecule has 0 unspecified atom stereocenters. The van der Waals surface area contributed by atoms with Crippen LogP contribution < -0.4 is 5.32 Å². The molecule has 0 atom stereocenters. The lowest BCUT2D eigenvalue weighted by Gasteiger charge is -2.06. The molecular formula is C17H14N4O3S2. The number of non-ortho nitro benzene ring substituents is 1. The Hall–Kier alpha value is -2.65. The van der Waals surface area contributed by atoms with Gasteiger partial charge in [0.25, 0.3) is 5.69 Å². The third kappa shape index (κ3) is 4.70. The Morgan fingerprint density at radius 1 is 1.27 bits per heavy atom. The predicted molar refractivity (Wildman–Crippen MR) is 104 cm³/mol. The highest BCUT2D eigenvalue weighted by Crippen LogP contribution is 2.32. The standard InChI is InChI=1S/C17H14N4O3S2/c1-11-2-5-14(6-3-11)26-15-7-4-13(21(23)24)8-12(15)9-18-20-17-19-16(22)10-25-17/h2-9H,10H2,1H3,(H,19,20,22). The van der Waals surface area contributed by atoms with Crippen molar-refractivity contribution in [3.63, 3.8) is 0 Å². The van der Waals surface area contributed by atoms with Crippen LogP contribution in [0.25, 0.3) is 0 Å². The van der Waals surface area contributed by atoms with Crippen molar-refractivity contribution in [1.82, 2.24) is 5.32 Å². The molecule has 0 aliphatic carbocycles. The monoisotopic (exact) mass is 386 g/mol. The summed E-state index contributed by atoms with van der Waals surface area (Å²) in [5.74, 6) is 0.203. The van der Waals surface area contributed by atoms with E-state index in [-0.39, 0.29) is 11.6 Å². The number of hydrogen-bond donors (Lipinski definition) is 1. The van der Waals surface area contributed by atoms with E-state index in [0.717, 1.165) is 15.4 Å². The van der Waals surface area contributed by atoms with Crippen molar-refractivity contribution in [3.8, 4) is 0 Å². The predicted octanol–water partition coefficient (Wildman–Crippen LogP) is 3.61. The average Bonchev–Trinajstić information content (AvgIpc) is 3.03. The third-order valence-corrected chi connectivity index (χ3v) is 5.35. The molecule has 1 aliphatic heterocycles. The summed E-state index contributed by atoms with van der Waals surface area (Å²) in [5, 5.41) is 22.0. The van der Waals surface area contributed by atoms with E-state index in [4.69, 9.17) is 0 Å². The topological polar surface area (TPSA) is 97.0 Å². The molecule has 0 bridgehead atoms. The summed E-state index contributed by atoms with van der Waals surface area (Å²) in [7, 11) is 0. The van der Waals surface area contributed by atoms with Gasteiger partial charge in [-0.1, -0.05) is 41.2 Å². The van der Waals surface area contributed by atoms with Gasteiger partial charge in [-0.25, -0.2) is 0 Å². The van der Waals surface area contributed by atoms with Crippen LogP contribution in [-0.4, -0.2) is 28.0 Å². The Morgan fingerprint density at radius 3 is 2.69 bits per heavy atom. The molecule has 0 aromatic heterocycles. The van der Waals surface area contributed by atoms with Crippen LogP contribution in [0.3, 0.4) is 0 Å². The maximum atomic E-state index is 11.1. The third-order valence-electron chi connectivity index (χ3n) is 3.38. The number of rotatable bonds is 5. The quantitative estimate of drug-likeness (QED) is 0.481. The van der Waals surface area contributed by atoms with Crippen LogP contribution in [-0.2, 0) is 4.79 Å². The molecule has 9 heteroatoms. The summed E-state index contributed by atoms with van der Waals surface area (Å²) >= 11 is 2.75. The molecule has 1 aliphatic rings. The molecule has 3 rings (SSSR count). The Labute approximate surface area is 158 Å². The van der Waals surface area contributed by atoms with Crippen molar-refractivity contribution < 1.29 is 9.72 Å². The normalized spacial score (nSPS) is 15.6. The molecule has 1 N–H and O–H groups in total. The first-order valence-corrected chi connectivity index (χ1v) is 9.38. The van der Waals surface area contributed by atoms with Crippen LogP contribution in [0.2, 0.25) is 0 Å². The summed E-state index contributed by atoms with van der Waals surface area (Å²) < 4.78 is 0. The molecule has 132 valence electrons. The van der Waals surface area contributed by atoms with E-state index in [0.29, 0.717) is 16.5 Å². The summed E-state index contributed by atoms with van der Waals surface area (Å²) in [4.78, 5) is 23.6. The van der Waals surface area contributed by atoms with E-state index < -0.39 is 4.92 Å². The molecule has 26 heavy (non-hydrogen) atoms. The van der Waals surface area contributed by atoms with Crippen LogP contribution in [0.4, 0.5) is 5.69 Å². The first-order valence-electron chi connectivity index (χ1n) is 7.58. The number of amides is 1. The van der Waals surface area contributed by atoms with Crippen LogP contribution in [0, 0.1) is 17.0 Å². The molecule has 1 saturated heterocycles. The van der Waals surface area contributed by atoms with Gasteiger partial charge in [0.1, 0.15) is 0 Å². The van der Waals surface area contributed by atoms with Crippen LogP contribution in [0.5, 0.6) is 0 Å². The van der Waals surface area contributed by atoms with Crippen LogP contribution in [0.1, 0.15) is 11.1 Å². The van der Waals surface area contributed by atoms with E-state index >= 15 is 0 Å². The largest absolute Gasteiger partial charge is 0.303 e. The van der Waals surface area contributed by atoms with E-state index in [1.54, 1.807) is 6.07 Å². The number of hydrogen-bond acceptors (Lipinski definition) is 7. The van der Waals surface area contributed by atoms with Gasteiger partial charge in [0.05, 0.1) is 16.9 Å². The molecule has 1 fully saturated rings. The van der Waals surface area contributed by atoms with E-state index in [1.807, 2.05) is 31.2 Å². The molecule has 0 saturated carbocycles. The number of carbonyl (C=O) groups excluding carboxylic acids is 1. The summed E-state index contributed by atoms with van der Waals surface area (Å²) in [6.45, 7) is 2.01. The van der Waals surface area contributed by atoms with Gasteiger partial charge in [-0.2, -0.15) is 5.10 Å². The van der Waals surface area contributed by atoms with E-state index in [9.17, 15) is 14.9 Å². The second kappa shape index (κ2) is 8.15. The zero-order chi connectivity index (χ0) is 18.5. The molecular weight excluding hydrogens is 372 g/mol. The molecule has 2 aromatic carbocycles. The van der Waals surface area contributed by atoms with Crippen molar-refractivity contribution in [1.29, 1.82) is 0 Å². The van der Waals surface area contributed by atoms with Crippen molar-refractivity contribution >= 4 is 46.5 Å². The lowest BCUT2D eigenvalue weighted by molar-refractivity contribution is -0.384. The number of nitrogens with zero attached hydrogens (tertiary/aromatic N) is 3. The Morgan fingerprint density at radius 2 is 2.04 bits per heavy atom. The molecule has 7 nitrogen and oxygen atoms in total. The smallest absolute Gasteiger partial charge is 0.270 e. The summed E-state index contributed by atoms with van der Waals surface area (Å²) in [6, 6.07) is 12.6. The lowest BCUT2D eigenvalue weighted by atomic mass is 10.2.